The van der Waals surface area contributed by atoms with E-state index in [1.54, 1.807) is 33.8 Å². The van der Waals surface area contributed by atoms with E-state index in [1.165, 1.54) is 12.1 Å². The minimum atomic E-state index is -0.361. The first-order chi connectivity index (χ1) is 17.8. The van der Waals surface area contributed by atoms with Crippen molar-refractivity contribution in [3.63, 3.8) is 0 Å². The largest absolute Gasteiger partial charge is 0.329 e. The second-order valence-corrected chi connectivity index (χ2v) is 9.44. The van der Waals surface area contributed by atoms with Gasteiger partial charge in [-0.15, -0.1) is 0 Å². The summed E-state index contributed by atoms with van der Waals surface area (Å²) < 4.78 is 15.1. The van der Waals surface area contributed by atoms with Gasteiger partial charge in [-0.2, -0.15) is 5.10 Å². The van der Waals surface area contributed by atoms with Crippen LogP contribution in [0.3, 0.4) is 0 Å². The number of hydrogen-bond donors (Lipinski definition) is 1. The van der Waals surface area contributed by atoms with Crippen molar-refractivity contribution in [2.75, 3.05) is 18.4 Å². The number of anilines is 1. The first-order valence-corrected chi connectivity index (χ1v) is 12.4. The number of nitrogens with one attached hydrogen (secondary N) is 1. The fraction of sp³-hybridized carbons (Fsp3) is 0.233. The van der Waals surface area contributed by atoms with Gasteiger partial charge in [0.2, 0.25) is 5.91 Å². The van der Waals surface area contributed by atoms with E-state index in [1.807, 2.05) is 55.5 Å². The zero-order valence-corrected chi connectivity index (χ0v) is 21.3. The fourth-order valence-corrected chi connectivity index (χ4v) is 4.00. The Morgan fingerprint density at radius 2 is 1.65 bits per heavy atom. The molecular weight excluding hydrogens is 467 g/mol. The van der Waals surface area contributed by atoms with Gasteiger partial charge in [-0.1, -0.05) is 62.4 Å². The Hall–Kier alpha value is -4.26. The second-order valence-electron chi connectivity index (χ2n) is 9.44. The molecular formula is C30H31FN4O2. The Bertz CT molecular complexity index is 1360. The number of carbonyl (C=O) groups is 2. The molecule has 1 N–H and O–H groups in total. The molecule has 37 heavy (non-hydrogen) atoms. The van der Waals surface area contributed by atoms with Crippen molar-refractivity contribution >= 4 is 17.6 Å². The number of amides is 2. The molecule has 0 fully saturated rings. The minimum absolute atomic E-state index is 0.102. The van der Waals surface area contributed by atoms with E-state index >= 15 is 0 Å². The zero-order valence-electron chi connectivity index (χ0n) is 21.3. The number of aryl methyl sites for hydroxylation is 1. The highest BCUT2D eigenvalue weighted by Crippen LogP contribution is 2.25. The number of carbonyl (C=O) groups excluding carboxylic acids is 2. The lowest BCUT2D eigenvalue weighted by Crippen LogP contribution is -2.39. The van der Waals surface area contributed by atoms with Crippen molar-refractivity contribution < 1.29 is 14.0 Å². The van der Waals surface area contributed by atoms with Gasteiger partial charge in [0.25, 0.3) is 5.91 Å². The second kappa shape index (κ2) is 11.6. The standard InChI is InChI=1S/C30H31FN4O2/c1-21(2)17-18-34(30(37)26-12-8-7-9-22(26)3)20-29(36)32-28-19-27(23-10-5-4-6-11-23)33-35(28)25-15-13-24(31)14-16-25/h4-16,19,21H,17-18,20H2,1-3H3,(H,32,36). The lowest BCUT2D eigenvalue weighted by Gasteiger charge is -2.24. The molecule has 0 aliphatic heterocycles. The molecule has 2 amide bonds. The maximum atomic E-state index is 13.6. The molecule has 0 radical (unpaired) electrons. The van der Waals surface area contributed by atoms with Crippen LogP contribution in [0.1, 0.15) is 36.2 Å². The topological polar surface area (TPSA) is 67.2 Å². The van der Waals surface area contributed by atoms with Crippen LogP contribution >= 0.6 is 0 Å². The Labute approximate surface area is 216 Å². The third-order valence-corrected chi connectivity index (χ3v) is 6.09. The van der Waals surface area contributed by atoms with Crippen molar-refractivity contribution in [2.45, 2.75) is 27.2 Å². The molecule has 1 heterocycles. The molecule has 6 nitrogen and oxygen atoms in total. The van der Waals surface area contributed by atoms with Crippen LogP contribution in [0.4, 0.5) is 10.2 Å². The van der Waals surface area contributed by atoms with Crippen molar-refractivity contribution in [1.82, 2.24) is 14.7 Å². The molecule has 0 unspecified atom stereocenters. The SMILES string of the molecule is Cc1ccccc1C(=O)N(CCC(C)C)CC(=O)Nc1cc(-c2ccccc2)nn1-c1ccc(F)cc1. The summed E-state index contributed by atoms with van der Waals surface area (Å²) in [7, 11) is 0. The average Bonchev–Trinajstić information content (AvgIpc) is 3.31. The van der Waals surface area contributed by atoms with E-state index in [2.05, 4.69) is 24.3 Å². The number of benzene rings is 3. The van der Waals surface area contributed by atoms with Gasteiger partial charge in [0.15, 0.2) is 0 Å². The van der Waals surface area contributed by atoms with E-state index in [0.717, 1.165) is 17.5 Å². The summed E-state index contributed by atoms with van der Waals surface area (Å²) >= 11 is 0. The maximum absolute atomic E-state index is 13.6. The summed E-state index contributed by atoms with van der Waals surface area (Å²) in [6, 6.07) is 24.7. The highest BCUT2D eigenvalue weighted by molar-refractivity contribution is 6.00. The molecule has 1 aromatic heterocycles. The molecule has 3 aromatic carbocycles. The van der Waals surface area contributed by atoms with Gasteiger partial charge in [0, 0.05) is 23.7 Å². The van der Waals surface area contributed by atoms with E-state index in [-0.39, 0.29) is 24.2 Å². The van der Waals surface area contributed by atoms with Crippen LogP contribution < -0.4 is 5.32 Å². The molecule has 0 saturated heterocycles. The quantitative estimate of drug-likeness (QED) is 0.303. The summed E-state index contributed by atoms with van der Waals surface area (Å²) in [5.41, 5.74) is 3.60. The fourth-order valence-electron chi connectivity index (χ4n) is 4.00. The third kappa shape index (κ3) is 6.50. The molecule has 0 saturated carbocycles. The lowest BCUT2D eigenvalue weighted by atomic mass is 10.1. The van der Waals surface area contributed by atoms with Gasteiger partial charge < -0.3 is 10.2 Å². The molecule has 7 heteroatoms. The number of rotatable bonds is 9. The van der Waals surface area contributed by atoms with Gasteiger partial charge in [-0.05, 0) is 55.2 Å². The summed E-state index contributed by atoms with van der Waals surface area (Å²) in [6.45, 7) is 6.42. The van der Waals surface area contributed by atoms with Crippen LogP contribution in [-0.4, -0.2) is 39.6 Å². The first-order valence-electron chi connectivity index (χ1n) is 12.4. The van der Waals surface area contributed by atoms with Crippen molar-refractivity contribution in [3.8, 4) is 16.9 Å². The first kappa shape index (κ1) is 25.8. The van der Waals surface area contributed by atoms with Gasteiger partial charge in [0.05, 0.1) is 11.4 Å². The van der Waals surface area contributed by atoms with Crippen LogP contribution in [-0.2, 0) is 4.79 Å². The van der Waals surface area contributed by atoms with Gasteiger partial charge in [-0.3, -0.25) is 9.59 Å². The van der Waals surface area contributed by atoms with Crippen molar-refractivity contribution in [3.05, 3.63) is 102 Å². The zero-order chi connectivity index (χ0) is 26.4. The van der Waals surface area contributed by atoms with Crippen LogP contribution in [0.15, 0.2) is 84.9 Å². The molecule has 0 atom stereocenters. The lowest BCUT2D eigenvalue weighted by molar-refractivity contribution is -0.117. The third-order valence-electron chi connectivity index (χ3n) is 6.09. The highest BCUT2D eigenvalue weighted by atomic mass is 19.1. The minimum Gasteiger partial charge on any atom is -0.329 e. The number of hydrogen-bond acceptors (Lipinski definition) is 3. The van der Waals surface area contributed by atoms with Gasteiger partial charge in [-0.25, -0.2) is 9.07 Å². The highest BCUT2D eigenvalue weighted by Gasteiger charge is 2.22. The maximum Gasteiger partial charge on any atom is 0.254 e. The van der Waals surface area contributed by atoms with Gasteiger partial charge in [0.1, 0.15) is 18.2 Å². The van der Waals surface area contributed by atoms with Crippen molar-refractivity contribution in [2.24, 2.45) is 5.92 Å². The molecule has 4 aromatic rings. The summed E-state index contributed by atoms with van der Waals surface area (Å²) in [5.74, 6) is -0.0639. The average molecular weight is 499 g/mol. The van der Waals surface area contributed by atoms with E-state index in [0.29, 0.717) is 35.2 Å². The predicted octanol–water partition coefficient (Wildman–Crippen LogP) is 6.11. The number of nitrogens with zero attached hydrogens (tertiary/aromatic N) is 3. The number of halogens is 1. The van der Waals surface area contributed by atoms with E-state index in [9.17, 15) is 14.0 Å². The molecule has 190 valence electrons. The summed E-state index contributed by atoms with van der Waals surface area (Å²) in [5, 5.41) is 7.59. The summed E-state index contributed by atoms with van der Waals surface area (Å²) in [4.78, 5) is 28.2. The Kier molecular flexibility index (Phi) is 8.13. The Morgan fingerprint density at radius 3 is 2.32 bits per heavy atom. The molecule has 0 aliphatic rings. The van der Waals surface area contributed by atoms with E-state index < -0.39 is 0 Å². The Balaban J connectivity index is 1.61. The molecule has 0 aliphatic carbocycles. The number of aromatic nitrogens is 2. The Morgan fingerprint density at radius 1 is 0.973 bits per heavy atom. The summed E-state index contributed by atoms with van der Waals surface area (Å²) in [6.07, 6.45) is 0.774. The van der Waals surface area contributed by atoms with E-state index in [4.69, 9.17) is 0 Å². The molecule has 4 rings (SSSR count). The predicted molar refractivity (Wildman–Crippen MR) is 144 cm³/mol. The van der Waals surface area contributed by atoms with Crippen LogP contribution in [0, 0.1) is 18.7 Å². The smallest absolute Gasteiger partial charge is 0.254 e. The molecule has 0 bridgehead atoms. The van der Waals surface area contributed by atoms with Crippen LogP contribution in [0.2, 0.25) is 0 Å². The van der Waals surface area contributed by atoms with Crippen LogP contribution in [0.25, 0.3) is 16.9 Å². The molecule has 0 spiro atoms. The van der Waals surface area contributed by atoms with Gasteiger partial charge >= 0.3 is 0 Å². The van der Waals surface area contributed by atoms with Crippen LogP contribution in [0.5, 0.6) is 0 Å². The monoisotopic (exact) mass is 498 g/mol. The normalized spacial score (nSPS) is 10.9. The van der Waals surface area contributed by atoms with Crippen molar-refractivity contribution in [1.29, 1.82) is 0 Å².